The molecule has 0 N–H and O–H groups in total. The second-order valence-corrected chi connectivity index (χ2v) is 2.43. The van der Waals surface area contributed by atoms with Crippen LogP contribution in [0.5, 0.6) is 0 Å². The minimum Gasteiger partial charge on any atom is -0.257 e. The second kappa shape index (κ2) is 2.30. The maximum atomic E-state index is 9.08. The molecule has 0 aliphatic rings. The van der Waals surface area contributed by atoms with Crippen molar-refractivity contribution in [2.75, 3.05) is 0 Å². The Morgan fingerprint density at radius 2 is 1.60 bits per heavy atom. The van der Waals surface area contributed by atoms with Gasteiger partial charge in [-0.1, -0.05) is 0 Å². The molecule has 0 heterocycles. The lowest BCUT2D eigenvalue weighted by Gasteiger charge is -1.41. The number of hydrogen-bond acceptors (Lipinski definition) is 3. The minimum atomic E-state index is -2.68. The van der Waals surface area contributed by atoms with Gasteiger partial charge in [-0.3, -0.25) is 4.57 Å². The normalized spacial score (nSPS) is 9.80. The van der Waals surface area contributed by atoms with Crippen molar-refractivity contribution < 1.29 is 13.0 Å². The third-order valence-corrected chi connectivity index (χ3v) is 0.600. The first-order chi connectivity index (χ1) is 2.27. The Hall–Kier alpha value is 0.0500. The molecule has 0 aromatic heterocycles. The molecule has 5 heteroatoms. The van der Waals surface area contributed by atoms with Crippen LogP contribution in [0.3, 0.4) is 0 Å². The van der Waals surface area contributed by atoms with Crippen LogP contribution < -0.4 is 0 Å². The van der Waals surface area contributed by atoms with Crippen molar-refractivity contribution in [1.82, 2.24) is 0 Å². The van der Waals surface area contributed by atoms with Gasteiger partial charge in [0, 0.05) is 0 Å². The molecular weight excluding hydrogens is 111 g/mol. The fourth-order valence-electron chi connectivity index (χ4n) is 0. The molecule has 0 saturated heterocycles. The third kappa shape index (κ3) is 4.05. The lowest BCUT2D eigenvalue weighted by molar-refractivity contribution is 0.595. The molecule has 0 spiro atoms. The molecule has 0 unspecified atom stereocenters. The predicted molar refractivity (Wildman–Crippen MR) is 17.9 cm³/mol. The monoisotopic (exact) mass is 112 g/mol. The lowest BCUT2D eigenvalue weighted by atomic mass is 15.9. The molecule has 3 nitrogen and oxygen atoms in total. The molecule has 0 aromatic rings. The fourth-order valence-corrected chi connectivity index (χ4v) is 0. The molecule has 0 saturated carbocycles. The number of thiol groups is 1. The average Bonchev–Trinajstić information content (AvgIpc) is 1.38. The van der Waals surface area contributed by atoms with Gasteiger partial charge in [0.15, 0.2) is 0 Å². The van der Waals surface area contributed by atoms with E-state index >= 15 is 0 Å². The van der Waals surface area contributed by atoms with Crippen LogP contribution in [0.15, 0.2) is 0 Å². The standard InChI is InChI=1S/HO3PS/c1-4-5(2)3/h5H. The largest absolute Gasteiger partial charge is 0.287 e. The first kappa shape index (κ1) is 5.05. The quantitative estimate of drug-likeness (QED) is 0.377. The highest BCUT2D eigenvalue weighted by Gasteiger charge is 1.66. The van der Waals surface area contributed by atoms with Gasteiger partial charge >= 0.3 is 0 Å². The van der Waals surface area contributed by atoms with E-state index in [4.69, 9.17) is 13.0 Å². The molecule has 0 rings (SSSR count). The van der Waals surface area contributed by atoms with Crippen LogP contribution >= 0.6 is 7.66 Å². The topological polar surface area (TPSA) is 51.2 Å². The first-order valence-electron chi connectivity index (χ1n) is 0.748. The lowest BCUT2D eigenvalue weighted by Crippen LogP contribution is -1.43. The molecule has 0 bridgehead atoms. The SMILES string of the molecule is O=P[SH](=O)=O. The molecule has 0 aromatic carbocycles. The van der Waals surface area contributed by atoms with E-state index in [0.717, 1.165) is 0 Å². The smallest absolute Gasteiger partial charge is 0.257 e. The van der Waals surface area contributed by atoms with Crippen LogP contribution in [0.1, 0.15) is 0 Å². The summed E-state index contributed by atoms with van der Waals surface area (Å²) in [6, 6.07) is 0. The minimum absolute atomic E-state index is 0.799. The molecule has 30 valence electrons. The summed E-state index contributed by atoms with van der Waals surface area (Å²) in [7, 11) is -3.48. The Kier molecular flexibility index (Phi) is 2.32. The summed E-state index contributed by atoms with van der Waals surface area (Å²) < 4.78 is 27.2. The highest BCUT2D eigenvalue weighted by Crippen LogP contribution is 1.84. The average molecular weight is 112 g/mol. The Balaban J connectivity index is 3.69. The maximum absolute atomic E-state index is 9.08. The van der Waals surface area contributed by atoms with E-state index in [1.165, 1.54) is 0 Å². The van der Waals surface area contributed by atoms with Gasteiger partial charge in [-0.15, -0.1) is 0 Å². The maximum Gasteiger partial charge on any atom is 0.287 e. The molecule has 0 fully saturated rings. The highest BCUT2D eigenvalue weighted by molar-refractivity contribution is 8.27. The summed E-state index contributed by atoms with van der Waals surface area (Å²) in [5.74, 6) is 0. The van der Waals surface area contributed by atoms with Crippen LogP contribution in [0.4, 0.5) is 0 Å². The van der Waals surface area contributed by atoms with Crippen LogP contribution in [0.2, 0.25) is 0 Å². The van der Waals surface area contributed by atoms with Crippen molar-refractivity contribution in [3.63, 3.8) is 0 Å². The predicted octanol–water partition coefficient (Wildman–Crippen LogP) is -0.195. The third-order valence-electron chi connectivity index (χ3n) is 0.0667. The Morgan fingerprint density at radius 3 is 1.60 bits per heavy atom. The van der Waals surface area contributed by atoms with Gasteiger partial charge in [-0.05, 0) is 0 Å². The van der Waals surface area contributed by atoms with Crippen molar-refractivity contribution in [2.24, 2.45) is 0 Å². The molecule has 5 heavy (non-hydrogen) atoms. The second-order valence-electron chi connectivity index (χ2n) is 0.319. The van der Waals surface area contributed by atoms with E-state index in [1.807, 2.05) is 0 Å². The summed E-state index contributed by atoms with van der Waals surface area (Å²) in [6.07, 6.45) is 0. The molecule has 0 radical (unpaired) electrons. The zero-order valence-corrected chi connectivity index (χ0v) is 3.91. The van der Waals surface area contributed by atoms with Crippen molar-refractivity contribution in [1.29, 1.82) is 0 Å². The zero-order chi connectivity index (χ0) is 4.28. The van der Waals surface area contributed by atoms with Gasteiger partial charge in [-0.25, -0.2) is 8.42 Å². The highest BCUT2D eigenvalue weighted by atomic mass is 32.7. The van der Waals surface area contributed by atoms with Crippen molar-refractivity contribution in [3.8, 4) is 0 Å². The van der Waals surface area contributed by atoms with E-state index in [1.54, 1.807) is 0 Å². The summed E-state index contributed by atoms with van der Waals surface area (Å²) in [5, 5.41) is 0. The van der Waals surface area contributed by atoms with Crippen molar-refractivity contribution in [3.05, 3.63) is 0 Å². The fraction of sp³-hybridized carbons (Fsp3) is 0. The molecule has 0 aliphatic carbocycles. The Labute approximate surface area is 31.9 Å². The van der Waals surface area contributed by atoms with Gasteiger partial charge in [-0.2, -0.15) is 0 Å². The summed E-state index contributed by atoms with van der Waals surface area (Å²) >= 11 is 0. The van der Waals surface area contributed by atoms with E-state index in [2.05, 4.69) is 0 Å². The molecule has 0 atom stereocenters. The van der Waals surface area contributed by atoms with Gasteiger partial charge < -0.3 is 0 Å². The van der Waals surface area contributed by atoms with Crippen LogP contribution in [-0.4, -0.2) is 8.42 Å². The molecular formula is HO3PS. The van der Waals surface area contributed by atoms with Gasteiger partial charge in [0.1, 0.15) is 0 Å². The number of rotatable bonds is 1. The van der Waals surface area contributed by atoms with Crippen molar-refractivity contribution >= 4 is 18.0 Å². The molecule has 0 aliphatic heterocycles. The van der Waals surface area contributed by atoms with E-state index < -0.39 is 18.0 Å². The van der Waals surface area contributed by atoms with E-state index in [0.29, 0.717) is 0 Å². The van der Waals surface area contributed by atoms with E-state index in [9.17, 15) is 0 Å². The summed E-state index contributed by atoms with van der Waals surface area (Å²) in [5.41, 5.74) is 0. The van der Waals surface area contributed by atoms with Gasteiger partial charge in [0.2, 0.25) is 10.3 Å². The van der Waals surface area contributed by atoms with Crippen LogP contribution in [0, 0.1) is 0 Å². The Morgan fingerprint density at radius 1 is 1.40 bits per heavy atom. The Bertz CT molecular complexity index is 83.1. The van der Waals surface area contributed by atoms with E-state index in [-0.39, 0.29) is 0 Å². The van der Waals surface area contributed by atoms with Gasteiger partial charge in [0.05, 0.1) is 0 Å². The summed E-state index contributed by atoms with van der Waals surface area (Å²) in [4.78, 5) is 0. The zero-order valence-electron chi connectivity index (χ0n) is 2.12. The summed E-state index contributed by atoms with van der Waals surface area (Å²) in [6.45, 7) is 0. The van der Waals surface area contributed by atoms with Crippen LogP contribution in [0.25, 0.3) is 0 Å². The van der Waals surface area contributed by atoms with Crippen molar-refractivity contribution in [2.45, 2.75) is 0 Å². The van der Waals surface area contributed by atoms with Crippen LogP contribution in [-0.2, 0) is 14.9 Å². The molecule has 0 amide bonds. The van der Waals surface area contributed by atoms with Gasteiger partial charge in [0.25, 0.3) is 7.66 Å². The number of hydrogen-bond donors (Lipinski definition) is 1. The first-order valence-corrected chi connectivity index (χ1v) is 3.44.